The molecule has 0 radical (unpaired) electrons. The quantitative estimate of drug-likeness (QED) is 0.758. The molecule has 0 fully saturated rings. The minimum Gasteiger partial charge on any atom is -0.352 e. The van der Waals surface area contributed by atoms with Crippen LogP contribution >= 0.6 is 0 Å². The largest absolute Gasteiger partial charge is 0.352 e. The fourth-order valence-electron chi connectivity index (χ4n) is 2.95. The van der Waals surface area contributed by atoms with Crippen molar-refractivity contribution in [2.24, 2.45) is 4.99 Å². The first-order chi connectivity index (χ1) is 13.2. The molecule has 0 aliphatic carbocycles. The first kappa shape index (κ1) is 20.1. The van der Waals surface area contributed by atoms with E-state index in [1.54, 1.807) is 24.3 Å². The third-order valence-electron chi connectivity index (χ3n) is 4.57. The van der Waals surface area contributed by atoms with E-state index < -0.39 is 10.0 Å². The number of hydrogen-bond acceptors (Lipinski definition) is 4. The van der Waals surface area contributed by atoms with Gasteiger partial charge in [-0.05, 0) is 41.7 Å². The third-order valence-corrected chi connectivity index (χ3v) is 5.96. The lowest BCUT2D eigenvalue weighted by Gasteiger charge is -2.19. The summed E-state index contributed by atoms with van der Waals surface area (Å²) in [5.74, 6) is 0.236. The molecule has 1 heterocycles. The van der Waals surface area contributed by atoms with Gasteiger partial charge in [-0.1, -0.05) is 45.0 Å². The maximum Gasteiger partial charge on any atom is 0.263 e. The van der Waals surface area contributed by atoms with Gasteiger partial charge in [0.15, 0.2) is 0 Å². The van der Waals surface area contributed by atoms with Crippen LogP contribution in [0.2, 0.25) is 0 Å². The van der Waals surface area contributed by atoms with Crippen molar-refractivity contribution < 1.29 is 13.2 Å². The van der Waals surface area contributed by atoms with Crippen molar-refractivity contribution in [1.29, 1.82) is 0 Å². The van der Waals surface area contributed by atoms with Crippen LogP contribution in [0.1, 0.15) is 48.7 Å². The van der Waals surface area contributed by atoms with Crippen molar-refractivity contribution in [3.05, 3.63) is 65.2 Å². The molecular formula is C21H25N3O3S. The van der Waals surface area contributed by atoms with E-state index in [-0.39, 0.29) is 16.2 Å². The van der Waals surface area contributed by atoms with Gasteiger partial charge in [0.25, 0.3) is 15.9 Å². The summed E-state index contributed by atoms with van der Waals surface area (Å²) in [6.45, 7) is 7.27. The van der Waals surface area contributed by atoms with Gasteiger partial charge in [-0.2, -0.15) is 0 Å². The Kier molecular flexibility index (Phi) is 5.56. The molecule has 0 saturated heterocycles. The Balaban J connectivity index is 1.51. The number of rotatable bonds is 5. The Morgan fingerprint density at radius 2 is 1.75 bits per heavy atom. The molecule has 2 aromatic rings. The Bertz CT molecular complexity index is 1000. The standard InChI is InChI=1S/C21H25N3O3S/c1-21(2,3)16-11-9-15(10-12-16)20(25)23-14-6-13-22-19-17-7-4-5-8-18(17)28(26,27)24-19/h4-5,7-12H,6,13-14H2,1-3H3,(H,22,24)(H,23,25). The molecular weight excluding hydrogens is 374 g/mol. The molecule has 1 amide bonds. The summed E-state index contributed by atoms with van der Waals surface area (Å²) >= 11 is 0. The maximum absolute atomic E-state index is 12.2. The van der Waals surface area contributed by atoms with Gasteiger partial charge in [0.2, 0.25) is 0 Å². The van der Waals surface area contributed by atoms with Crippen LogP contribution in [-0.2, 0) is 15.4 Å². The Hall–Kier alpha value is -2.67. The number of carbonyl (C=O) groups is 1. The van der Waals surface area contributed by atoms with Gasteiger partial charge in [-0.15, -0.1) is 0 Å². The first-order valence-corrected chi connectivity index (χ1v) is 10.7. The predicted molar refractivity (Wildman–Crippen MR) is 110 cm³/mol. The van der Waals surface area contributed by atoms with E-state index >= 15 is 0 Å². The number of amidine groups is 1. The molecule has 2 aromatic carbocycles. The van der Waals surface area contributed by atoms with Gasteiger partial charge in [0.1, 0.15) is 5.84 Å². The number of carbonyl (C=O) groups excluding carboxylic acids is 1. The predicted octanol–water partition coefficient (Wildman–Crippen LogP) is 2.84. The normalized spacial score (nSPS) is 16.5. The van der Waals surface area contributed by atoms with Crippen LogP contribution in [0, 0.1) is 0 Å². The molecule has 0 spiro atoms. The highest BCUT2D eigenvalue weighted by Crippen LogP contribution is 2.23. The number of benzene rings is 2. The van der Waals surface area contributed by atoms with Crippen molar-refractivity contribution in [3.63, 3.8) is 0 Å². The zero-order valence-electron chi connectivity index (χ0n) is 16.3. The molecule has 28 heavy (non-hydrogen) atoms. The molecule has 6 nitrogen and oxygen atoms in total. The molecule has 0 saturated carbocycles. The van der Waals surface area contributed by atoms with Crippen molar-refractivity contribution >= 4 is 21.8 Å². The van der Waals surface area contributed by atoms with Crippen molar-refractivity contribution in [1.82, 2.24) is 10.0 Å². The second-order valence-corrected chi connectivity index (χ2v) is 9.42. The maximum atomic E-state index is 12.2. The highest BCUT2D eigenvalue weighted by atomic mass is 32.2. The van der Waals surface area contributed by atoms with E-state index in [1.807, 2.05) is 24.3 Å². The fourth-order valence-corrected chi connectivity index (χ4v) is 4.20. The fraction of sp³-hybridized carbons (Fsp3) is 0.333. The summed E-state index contributed by atoms with van der Waals surface area (Å²) in [6.07, 6.45) is 0.610. The van der Waals surface area contributed by atoms with Gasteiger partial charge in [0, 0.05) is 24.2 Å². The molecule has 0 aromatic heterocycles. The van der Waals surface area contributed by atoms with Crippen LogP contribution in [-0.4, -0.2) is 33.3 Å². The average Bonchev–Trinajstić information content (AvgIpc) is 2.91. The smallest absolute Gasteiger partial charge is 0.263 e. The molecule has 1 aliphatic rings. The first-order valence-electron chi connectivity index (χ1n) is 9.24. The van der Waals surface area contributed by atoms with Gasteiger partial charge in [-0.3, -0.25) is 14.5 Å². The van der Waals surface area contributed by atoms with E-state index in [1.165, 1.54) is 5.56 Å². The van der Waals surface area contributed by atoms with Crippen LogP contribution in [0.15, 0.2) is 58.4 Å². The minimum atomic E-state index is -3.51. The lowest BCUT2D eigenvalue weighted by atomic mass is 9.87. The topological polar surface area (TPSA) is 87.6 Å². The zero-order valence-corrected chi connectivity index (χ0v) is 17.1. The lowest BCUT2D eigenvalue weighted by Crippen LogP contribution is -2.26. The number of nitrogens with zero attached hydrogens (tertiary/aromatic N) is 1. The molecule has 3 rings (SSSR count). The number of fused-ring (bicyclic) bond motifs is 1. The van der Waals surface area contributed by atoms with E-state index in [0.29, 0.717) is 36.5 Å². The van der Waals surface area contributed by atoms with Crippen LogP contribution in [0.5, 0.6) is 0 Å². The van der Waals surface area contributed by atoms with Crippen molar-refractivity contribution in [2.45, 2.75) is 37.5 Å². The number of amides is 1. The Morgan fingerprint density at radius 1 is 1.07 bits per heavy atom. The van der Waals surface area contributed by atoms with E-state index in [4.69, 9.17) is 0 Å². The molecule has 2 N–H and O–H groups in total. The molecule has 1 aliphatic heterocycles. The lowest BCUT2D eigenvalue weighted by molar-refractivity contribution is 0.0953. The highest BCUT2D eigenvalue weighted by molar-refractivity contribution is 7.90. The SMILES string of the molecule is CC(C)(C)c1ccc(C(=O)NCCCN=C2NS(=O)(=O)c3ccccc32)cc1. The van der Waals surface area contributed by atoms with Crippen LogP contribution in [0.25, 0.3) is 0 Å². The number of aliphatic imine (C=N–C) groups is 1. The van der Waals surface area contributed by atoms with Crippen LogP contribution < -0.4 is 10.0 Å². The van der Waals surface area contributed by atoms with Crippen LogP contribution in [0.4, 0.5) is 0 Å². The molecule has 0 atom stereocenters. The molecule has 0 unspecified atom stereocenters. The van der Waals surface area contributed by atoms with Gasteiger partial charge >= 0.3 is 0 Å². The summed E-state index contributed by atoms with van der Waals surface area (Å²) in [7, 11) is -3.51. The van der Waals surface area contributed by atoms with Gasteiger partial charge in [0.05, 0.1) is 4.90 Å². The van der Waals surface area contributed by atoms with E-state index in [9.17, 15) is 13.2 Å². The third kappa shape index (κ3) is 4.42. The van der Waals surface area contributed by atoms with Gasteiger partial charge in [-0.25, -0.2) is 8.42 Å². The van der Waals surface area contributed by atoms with Crippen LogP contribution in [0.3, 0.4) is 0 Å². The second kappa shape index (κ2) is 7.75. The number of sulfonamides is 1. The van der Waals surface area contributed by atoms with E-state index in [0.717, 1.165) is 0 Å². The van der Waals surface area contributed by atoms with Crippen molar-refractivity contribution in [2.75, 3.05) is 13.1 Å². The summed E-state index contributed by atoms with van der Waals surface area (Å²) in [6, 6.07) is 14.4. The van der Waals surface area contributed by atoms with Gasteiger partial charge < -0.3 is 5.32 Å². The highest BCUT2D eigenvalue weighted by Gasteiger charge is 2.29. The summed E-state index contributed by atoms with van der Waals surface area (Å²) in [4.78, 5) is 16.8. The second-order valence-electron chi connectivity index (χ2n) is 7.77. The van der Waals surface area contributed by atoms with E-state index in [2.05, 4.69) is 35.8 Å². The summed E-state index contributed by atoms with van der Waals surface area (Å²) in [5.41, 5.74) is 2.44. The Labute approximate surface area is 166 Å². The average molecular weight is 400 g/mol. The summed E-state index contributed by atoms with van der Waals surface area (Å²) < 4.78 is 26.5. The minimum absolute atomic E-state index is 0.0501. The summed E-state index contributed by atoms with van der Waals surface area (Å²) in [5, 5.41) is 2.87. The monoisotopic (exact) mass is 399 g/mol. The molecule has 0 bridgehead atoms. The van der Waals surface area contributed by atoms with Crippen molar-refractivity contribution in [3.8, 4) is 0 Å². The Morgan fingerprint density at radius 3 is 2.43 bits per heavy atom. The molecule has 148 valence electrons. The zero-order chi connectivity index (χ0) is 20.4. The number of hydrogen-bond donors (Lipinski definition) is 2. The number of nitrogens with one attached hydrogen (secondary N) is 2. The molecule has 7 heteroatoms.